The summed E-state index contributed by atoms with van der Waals surface area (Å²) in [7, 11) is 0. The first-order valence-electron chi connectivity index (χ1n) is 8.69. The van der Waals surface area contributed by atoms with E-state index in [9.17, 15) is 4.79 Å². The molecule has 1 aliphatic carbocycles. The average molecular weight is 397 g/mol. The summed E-state index contributed by atoms with van der Waals surface area (Å²) in [4.78, 5) is 12.8. The molecule has 1 aliphatic heterocycles. The molecule has 2 aromatic rings. The normalized spacial score (nSPS) is 19.5. The van der Waals surface area contributed by atoms with E-state index in [4.69, 9.17) is 0 Å². The third kappa shape index (κ3) is 2.99. The Hall–Kier alpha value is -2.07. The topological polar surface area (TPSA) is 41.1 Å². The summed E-state index contributed by atoms with van der Waals surface area (Å²) in [6.07, 6.45) is 2.46. The Labute approximate surface area is 156 Å². The summed E-state index contributed by atoms with van der Waals surface area (Å²) in [5.74, 6) is 0.246. The zero-order chi connectivity index (χ0) is 17.6. The van der Waals surface area contributed by atoms with Gasteiger partial charge < -0.3 is 10.6 Å². The van der Waals surface area contributed by atoms with E-state index >= 15 is 0 Å². The third-order valence-corrected chi connectivity index (χ3v) is 5.70. The molecule has 0 bridgehead atoms. The van der Waals surface area contributed by atoms with Crippen molar-refractivity contribution in [2.45, 2.75) is 39.2 Å². The van der Waals surface area contributed by atoms with Crippen molar-refractivity contribution >= 4 is 33.1 Å². The van der Waals surface area contributed by atoms with E-state index < -0.39 is 0 Å². The summed E-state index contributed by atoms with van der Waals surface area (Å²) in [6.45, 7) is 4.24. The lowest BCUT2D eigenvalue weighted by molar-refractivity contribution is -0.116. The molecule has 0 unspecified atom stereocenters. The first-order valence-corrected chi connectivity index (χ1v) is 9.49. The Kier molecular flexibility index (Phi) is 4.16. The molecule has 0 saturated heterocycles. The van der Waals surface area contributed by atoms with E-state index in [-0.39, 0.29) is 11.8 Å². The molecule has 2 N–H and O–H groups in total. The monoisotopic (exact) mass is 396 g/mol. The number of carbonyl (C=O) groups is 1. The van der Waals surface area contributed by atoms with Gasteiger partial charge in [0.25, 0.3) is 0 Å². The second-order valence-electron chi connectivity index (χ2n) is 6.90. The number of anilines is 2. The van der Waals surface area contributed by atoms with Gasteiger partial charge in [-0.3, -0.25) is 4.79 Å². The molecule has 4 heteroatoms. The Bertz CT molecular complexity index is 884. The van der Waals surface area contributed by atoms with E-state index in [0.29, 0.717) is 6.42 Å². The van der Waals surface area contributed by atoms with Crippen molar-refractivity contribution in [1.29, 1.82) is 0 Å². The molecular formula is C21H21BrN2O. The van der Waals surface area contributed by atoms with Gasteiger partial charge in [0.05, 0.1) is 17.4 Å². The third-order valence-electron chi connectivity index (χ3n) is 5.17. The number of fused-ring (bicyclic) bond motifs is 1. The number of Topliss-reactive ketones (excluding diaryl/α,β-unsaturated/α-hetero) is 1. The van der Waals surface area contributed by atoms with Gasteiger partial charge in [-0.1, -0.05) is 28.1 Å². The number of hydrogen-bond donors (Lipinski definition) is 2. The predicted molar refractivity (Wildman–Crippen MR) is 106 cm³/mol. The number of benzene rings is 2. The van der Waals surface area contributed by atoms with Gasteiger partial charge in [0.15, 0.2) is 5.78 Å². The zero-order valence-corrected chi connectivity index (χ0v) is 16.0. The first-order chi connectivity index (χ1) is 12.0. The van der Waals surface area contributed by atoms with Crippen LogP contribution in [-0.2, 0) is 4.79 Å². The van der Waals surface area contributed by atoms with E-state index in [2.05, 4.69) is 64.7 Å². The van der Waals surface area contributed by atoms with E-state index in [1.54, 1.807) is 0 Å². The number of hydrogen-bond acceptors (Lipinski definition) is 3. The Morgan fingerprint density at radius 1 is 1.00 bits per heavy atom. The standard InChI is InChI=1S/C21H21BrN2O/c1-12-10-17-18(11-13(12)2)24-21(14-6-8-15(22)9-7-14)20-16(23-17)4-3-5-19(20)25/h6-11,21,23-24H,3-5H2,1-2H3/t21-/m0/s1. The minimum atomic E-state index is -0.119. The number of halogens is 1. The highest BCUT2D eigenvalue weighted by Gasteiger charge is 2.32. The van der Waals surface area contributed by atoms with Gasteiger partial charge in [-0.2, -0.15) is 0 Å². The second-order valence-corrected chi connectivity index (χ2v) is 7.82. The van der Waals surface area contributed by atoms with Gasteiger partial charge in [0.2, 0.25) is 0 Å². The number of rotatable bonds is 1. The van der Waals surface area contributed by atoms with Crippen LogP contribution in [0, 0.1) is 13.8 Å². The maximum atomic E-state index is 12.8. The molecule has 1 heterocycles. The molecule has 0 amide bonds. The van der Waals surface area contributed by atoms with Crippen LogP contribution in [0.25, 0.3) is 0 Å². The fourth-order valence-corrected chi connectivity index (χ4v) is 3.93. The summed E-state index contributed by atoms with van der Waals surface area (Å²) in [5, 5.41) is 7.19. The fraction of sp³-hybridized carbons (Fsp3) is 0.286. The van der Waals surface area contributed by atoms with Crippen molar-refractivity contribution in [3.8, 4) is 0 Å². The molecule has 1 atom stereocenters. The summed E-state index contributed by atoms with van der Waals surface area (Å²) < 4.78 is 1.04. The number of nitrogens with one attached hydrogen (secondary N) is 2. The number of aryl methyl sites for hydroxylation is 2. The minimum Gasteiger partial charge on any atom is -0.372 e. The predicted octanol–water partition coefficient (Wildman–Crippen LogP) is 5.65. The smallest absolute Gasteiger partial charge is 0.163 e. The summed E-state index contributed by atoms with van der Waals surface area (Å²) >= 11 is 3.50. The van der Waals surface area contributed by atoms with E-state index in [0.717, 1.165) is 45.5 Å². The van der Waals surface area contributed by atoms with Gasteiger partial charge in [-0.15, -0.1) is 0 Å². The second kappa shape index (κ2) is 6.34. The van der Waals surface area contributed by atoms with Crippen LogP contribution in [0.2, 0.25) is 0 Å². The van der Waals surface area contributed by atoms with Crippen molar-refractivity contribution in [2.75, 3.05) is 10.6 Å². The quantitative estimate of drug-likeness (QED) is 0.653. The van der Waals surface area contributed by atoms with Crippen LogP contribution in [0.3, 0.4) is 0 Å². The molecule has 4 rings (SSSR count). The lowest BCUT2D eigenvalue weighted by Gasteiger charge is -2.25. The van der Waals surface area contributed by atoms with Crippen LogP contribution in [0.5, 0.6) is 0 Å². The maximum Gasteiger partial charge on any atom is 0.163 e. The molecular weight excluding hydrogens is 376 g/mol. The lowest BCUT2D eigenvalue weighted by atomic mass is 9.87. The van der Waals surface area contributed by atoms with Crippen molar-refractivity contribution in [3.63, 3.8) is 0 Å². The fourth-order valence-electron chi connectivity index (χ4n) is 3.66. The highest BCUT2D eigenvalue weighted by atomic mass is 79.9. The molecule has 0 fully saturated rings. The molecule has 2 aliphatic rings. The van der Waals surface area contributed by atoms with Crippen LogP contribution in [0.1, 0.15) is 42.0 Å². The maximum absolute atomic E-state index is 12.8. The van der Waals surface area contributed by atoms with Gasteiger partial charge >= 0.3 is 0 Å². The van der Waals surface area contributed by atoms with Crippen molar-refractivity contribution in [1.82, 2.24) is 0 Å². The molecule has 25 heavy (non-hydrogen) atoms. The highest BCUT2D eigenvalue weighted by molar-refractivity contribution is 9.10. The number of ketones is 1. The molecule has 128 valence electrons. The van der Waals surface area contributed by atoms with Crippen LogP contribution in [-0.4, -0.2) is 5.78 Å². The summed E-state index contributed by atoms with van der Waals surface area (Å²) in [6, 6.07) is 12.5. The molecule has 0 aromatic heterocycles. The lowest BCUT2D eigenvalue weighted by Crippen LogP contribution is -2.23. The van der Waals surface area contributed by atoms with E-state index in [1.807, 2.05) is 12.1 Å². The zero-order valence-electron chi connectivity index (χ0n) is 14.4. The van der Waals surface area contributed by atoms with Gasteiger partial charge in [-0.25, -0.2) is 0 Å². The van der Waals surface area contributed by atoms with Crippen LogP contribution in [0.15, 0.2) is 52.1 Å². The molecule has 2 aromatic carbocycles. The first kappa shape index (κ1) is 16.4. The SMILES string of the molecule is Cc1cc2c(cc1C)N[C@@H](c1ccc(Br)cc1)C1=C(CCCC1=O)N2. The largest absolute Gasteiger partial charge is 0.372 e. The highest BCUT2D eigenvalue weighted by Crippen LogP contribution is 2.41. The van der Waals surface area contributed by atoms with Crippen LogP contribution < -0.4 is 10.6 Å². The van der Waals surface area contributed by atoms with Crippen molar-refractivity contribution in [3.05, 3.63) is 68.8 Å². The van der Waals surface area contributed by atoms with E-state index in [1.165, 1.54) is 11.1 Å². The molecule has 0 saturated carbocycles. The Morgan fingerprint density at radius 3 is 2.40 bits per heavy atom. The molecule has 3 nitrogen and oxygen atoms in total. The van der Waals surface area contributed by atoms with Crippen molar-refractivity contribution < 1.29 is 4.79 Å². The van der Waals surface area contributed by atoms with Gasteiger partial charge in [0, 0.05) is 22.2 Å². The minimum absolute atomic E-state index is 0.119. The number of allylic oxidation sites excluding steroid dienone is 1. The van der Waals surface area contributed by atoms with Gasteiger partial charge in [0.1, 0.15) is 0 Å². The Balaban J connectivity index is 1.88. The molecule has 0 spiro atoms. The van der Waals surface area contributed by atoms with Crippen molar-refractivity contribution in [2.24, 2.45) is 0 Å². The Morgan fingerprint density at radius 2 is 1.68 bits per heavy atom. The average Bonchev–Trinajstić information content (AvgIpc) is 2.74. The number of carbonyl (C=O) groups excluding carboxylic acids is 1. The molecule has 0 radical (unpaired) electrons. The van der Waals surface area contributed by atoms with Crippen LogP contribution in [0.4, 0.5) is 11.4 Å². The van der Waals surface area contributed by atoms with Crippen LogP contribution >= 0.6 is 15.9 Å². The van der Waals surface area contributed by atoms with Gasteiger partial charge in [-0.05, 0) is 67.6 Å². The summed E-state index contributed by atoms with van der Waals surface area (Å²) in [5.41, 5.74) is 7.67.